The van der Waals surface area contributed by atoms with Crippen molar-refractivity contribution in [1.82, 2.24) is 0 Å². The van der Waals surface area contributed by atoms with Crippen LogP contribution in [-0.2, 0) is 28.4 Å². The largest absolute Gasteiger partial charge is 0.345 e. The molecule has 2 nitrogen and oxygen atoms in total. The molecular formula is C22H23O2PS. The summed E-state index contributed by atoms with van der Waals surface area (Å²) in [7, 11) is 0. The Kier molecular flexibility index (Phi) is 6.05. The molecule has 3 aromatic rings. The van der Waals surface area contributed by atoms with E-state index >= 15 is 0 Å². The smallest absolute Gasteiger partial charge is 0.187 e. The van der Waals surface area contributed by atoms with E-state index in [1.165, 1.54) is 0 Å². The predicted molar refractivity (Wildman–Crippen MR) is 112 cm³/mol. The van der Waals surface area contributed by atoms with Crippen molar-refractivity contribution < 1.29 is 9.42 Å². The summed E-state index contributed by atoms with van der Waals surface area (Å²) in [6, 6.07) is 30.0. The summed E-state index contributed by atoms with van der Waals surface area (Å²) in [6.07, 6.45) is 1.15. The number of hydrogen-bond acceptors (Lipinski definition) is 2. The van der Waals surface area contributed by atoms with Crippen LogP contribution in [0.1, 0.15) is 23.6 Å². The van der Waals surface area contributed by atoms with Crippen LogP contribution in [-0.4, -0.2) is 11.1 Å². The molecule has 0 aliphatic rings. The number of rotatable bonds is 7. The maximum atomic E-state index is 10.9. The summed E-state index contributed by atoms with van der Waals surface area (Å²) in [6.45, 7) is -0.993. The van der Waals surface area contributed by atoms with Crippen LogP contribution in [0.25, 0.3) is 0 Å². The van der Waals surface area contributed by atoms with Gasteiger partial charge in [0.1, 0.15) is 5.60 Å². The normalized spacial score (nSPS) is 13.9. The van der Waals surface area contributed by atoms with Crippen molar-refractivity contribution in [2.24, 2.45) is 0 Å². The van der Waals surface area contributed by atoms with Gasteiger partial charge >= 0.3 is 0 Å². The fourth-order valence-corrected chi connectivity index (χ4v) is 5.16. The molecule has 1 atom stereocenters. The monoisotopic (exact) mass is 382 g/mol. The van der Waals surface area contributed by atoms with Crippen LogP contribution in [0.4, 0.5) is 0 Å². The van der Waals surface area contributed by atoms with Gasteiger partial charge in [-0.15, -0.1) is 0 Å². The molecule has 26 heavy (non-hydrogen) atoms. The molecule has 3 aromatic carbocycles. The van der Waals surface area contributed by atoms with E-state index in [2.05, 4.69) is 0 Å². The maximum absolute atomic E-state index is 10.9. The third-order valence-corrected chi connectivity index (χ3v) is 6.71. The van der Waals surface area contributed by atoms with Gasteiger partial charge in [0.05, 0.1) is 0 Å². The van der Waals surface area contributed by atoms with Crippen LogP contribution in [0.5, 0.6) is 0 Å². The minimum Gasteiger partial charge on any atom is -0.345 e. The Morgan fingerprint density at radius 2 is 1.23 bits per heavy atom. The van der Waals surface area contributed by atoms with Crippen LogP contribution >= 0.6 is 6.49 Å². The average molecular weight is 382 g/mol. The first kappa shape index (κ1) is 19.0. The van der Waals surface area contributed by atoms with Gasteiger partial charge in [0.25, 0.3) is 0 Å². The molecule has 0 saturated carbocycles. The summed E-state index contributed by atoms with van der Waals surface area (Å²) in [5, 5.41) is 0. The predicted octanol–water partition coefficient (Wildman–Crippen LogP) is 5.51. The van der Waals surface area contributed by atoms with Crippen LogP contribution in [0.2, 0.25) is 0 Å². The van der Waals surface area contributed by atoms with Gasteiger partial charge < -0.3 is 9.42 Å². The minimum absolute atomic E-state index is 0.446. The molecule has 0 aliphatic heterocycles. The molecule has 4 heteroatoms. The molecule has 0 amide bonds. The van der Waals surface area contributed by atoms with Crippen molar-refractivity contribution in [2.45, 2.75) is 18.9 Å². The SMILES string of the molecule is CC(OP(O)(=S)CCc1ccccc1)(c1ccccc1)c1ccccc1. The van der Waals surface area contributed by atoms with E-state index in [9.17, 15) is 4.89 Å². The molecule has 134 valence electrons. The van der Waals surface area contributed by atoms with Crippen LogP contribution < -0.4 is 0 Å². The second kappa shape index (κ2) is 8.28. The lowest BCUT2D eigenvalue weighted by Gasteiger charge is -2.34. The molecular weight excluding hydrogens is 359 g/mol. The zero-order valence-corrected chi connectivity index (χ0v) is 16.5. The molecule has 0 aromatic heterocycles. The van der Waals surface area contributed by atoms with E-state index in [0.717, 1.165) is 16.7 Å². The number of aryl methyl sites for hydroxylation is 1. The van der Waals surface area contributed by atoms with E-state index in [-0.39, 0.29) is 0 Å². The summed E-state index contributed by atoms with van der Waals surface area (Å²) in [5.74, 6) is 0. The zero-order valence-electron chi connectivity index (χ0n) is 14.8. The lowest BCUT2D eigenvalue weighted by Crippen LogP contribution is -2.27. The van der Waals surface area contributed by atoms with E-state index in [1.54, 1.807) is 0 Å². The van der Waals surface area contributed by atoms with E-state index in [4.69, 9.17) is 16.3 Å². The lowest BCUT2D eigenvalue weighted by atomic mass is 9.88. The van der Waals surface area contributed by atoms with E-state index in [0.29, 0.717) is 12.6 Å². The Morgan fingerprint density at radius 3 is 1.69 bits per heavy atom. The van der Waals surface area contributed by atoms with Crippen molar-refractivity contribution in [3.8, 4) is 0 Å². The highest BCUT2D eigenvalue weighted by atomic mass is 32.5. The molecule has 0 heterocycles. The van der Waals surface area contributed by atoms with Crippen molar-refractivity contribution in [3.63, 3.8) is 0 Å². The summed E-state index contributed by atoms with van der Waals surface area (Å²) in [5.41, 5.74) is 2.33. The van der Waals surface area contributed by atoms with Crippen molar-refractivity contribution >= 4 is 18.3 Å². The highest BCUT2D eigenvalue weighted by Gasteiger charge is 2.35. The first-order valence-corrected chi connectivity index (χ1v) is 11.5. The van der Waals surface area contributed by atoms with Gasteiger partial charge in [-0.05, 0) is 41.8 Å². The first-order chi connectivity index (χ1) is 12.5. The molecule has 0 fully saturated rings. The Balaban J connectivity index is 1.87. The highest BCUT2D eigenvalue weighted by molar-refractivity contribution is 8.09. The molecule has 0 radical (unpaired) electrons. The molecule has 1 N–H and O–H groups in total. The van der Waals surface area contributed by atoms with Gasteiger partial charge in [0, 0.05) is 6.16 Å². The van der Waals surface area contributed by atoms with Crippen LogP contribution in [0.3, 0.4) is 0 Å². The third kappa shape index (κ3) is 4.69. The Labute approximate surface area is 160 Å². The summed E-state index contributed by atoms with van der Waals surface area (Å²) in [4.78, 5) is 10.9. The zero-order chi connectivity index (χ0) is 18.5. The van der Waals surface area contributed by atoms with Crippen LogP contribution in [0.15, 0.2) is 91.0 Å². The van der Waals surface area contributed by atoms with E-state index < -0.39 is 12.1 Å². The molecule has 0 aliphatic carbocycles. The van der Waals surface area contributed by atoms with Gasteiger partial charge in [-0.2, -0.15) is 0 Å². The van der Waals surface area contributed by atoms with Gasteiger partial charge in [-0.1, -0.05) is 91.0 Å². The second-order valence-electron chi connectivity index (χ2n) is 6.45. The van der Waals surface area contributed by atoms with Crippen LogP contribution in [0, 0.1) is 0 Å². The summed E-state index contributed by atoms with van der Waals surface area (Å²) >= 11 is 5.54. The molecule has 0 spiro atoms. The first-order valence-electron chi connectivity index (χ1n) is 8.67. The third-order valence-electron chi connectivity index (χ3n) is 4.50. The minimum atomic E-state index is -2.98. The van der Waals surface area contributed by atoms with Gasteiger partial charge in [-0.25, -0.2) is 0 Å². The average Bonchev–Trinajstić information content (AvgIpc) is 2.68. The quantitative estimate of drug-likeness (QED) is 0.546. The van der Waals surface area contributed by atoms with Gasteiger partial charge in [0.2, 0.25) is 0 Å². The highest BCUT2D eigenvalue weighted by Crippen LogP contribution is 2.52. The topological polar surface area (TPSA) is 29.5 Å². The van der Waals surface area contributed by atoms with Gasteiger partial charge in [-0.3, -0.25) is 0 Å². The Bertz CT molecular complexity index is 827. The van der Waals surface area contributed by atoms with E-state index in [1.807, 2.05) is 97.9 Å². The second-order valence-corrected chi connectivity index (χ2v) is 10.1. The Hall–Kier alpha value is -1.77. The van der Waals surface area contributed by atoms with Crippen molar-refractivity contribution in [1.29, 1.82) is 0 Å². The Morgan fingerprint density at radius 1 is 0.808 bits per heavy atom. The lowest BCUT2D eigenvalue weighted by molar-refractivity contribution is 0.132. The molecule has 3 rings (SSSR count). The van der Waals surface area contributed by atoms with Crippen molar-refractivity contribution in [2.75, 3.05) is 6.16 Å². The number of hydrogen-bond donors (Lipinski definition) is 1. The maximum Gasteiger partial charge on any atom is 0.187 e. The summed E-state index contributed by atoms with van der Waals surface area (Å²) < 4.78 is 6.30. The fraction of sp³-hybridized carbons (Fsp3) is 0.182. The fourth-order valence-electron chi connectivity index (χ4n) is 3.03. The molecule has 1 unspecified atom stereocenters. The van der Waals surface area contributed by atoms with Crippen molar-refractivity contribution in [3.05, 3.63) is 108 Å². The standard InChI is InChI=1S/C22H23O2PS/c1-22(20-13-7-3-8-14-20,21-15-9-4-10-16-21)24-25(23,26)18-17-19-11-5-2-6-12-19/h2-16H,17-18H2,1H3,(H,23,26). The molecule has 0 saturated heterocycles. The number of benzene rings is 3. The molecule has 0 bridgehead atoms. The van der Waals surface area contributed by atoms with Gasteiger partial charge in [0.15, 0.2) is 6.49 Å².